The summed E-state index contributed by atoms with van der Waals surface area (Å²) in [6.07, 6.45) is 5.62. The molecule has 1 N–H and O–H groups in total. The summed E-state index contributed by atoms with van der Waals surface area (Å²) in [5.74, 6) is 1.88. The molecule has 0 saturated heterocycles. The second-order valence-electron chi connectivity index (χ2n) is 7.35. The predicted molar refractivity (Wildman–Crippen MR) is 117 cm³/mol. The molecule has 7 heteroatoms. The van der Waals surface area contributed by atoms with Crippen LogP contribution in [0.4, 0.5) is 0 Å². The molecule has 31 heavy (non-hydrogen) atoms. The highest BCUT2D eigenvalue weighted by Crippen LogP contribution is 2.22. The Morgan fingerprint density at radius 1 is 1.06 bits per heavy atom. The van der Waals surface area contributed by atoms with Gasteiger partial charge in [-0.3, -0.25) is 9.20 Å². The van der Waals surface area contributed by atoms with Gasteiger partial charge in [0.2, 0.25) is 0 Å². The Morgan fingerprint density at radius 3 is 2.71 bits per heavy atom. The van der Waals surface area contributed by atoms with Crippen molar-refractivity contribution in [3.8, 4) is 11.5 Å². The van der Waals surface area contributed by atoms with Crippen LogP contribution in [0.2, 0.25) is 0 Å². The van der Waals surface area contributed by atoms with Crippen LogP contribution in [-0.4, -0.2) is 24.8 Å². The van der Waals surface area contributed by atoms with Gasteiger partial charge in [0.1, 0.15) is 17.2 Å². The maximum Gasteiger partial charge on any atom is 0.272 e. The van der Waals surface area contributed by atoms with E-state index in [1.54, 1.807) is 6.33 Å². The van der Waals surface area contributed by atoms with Crippen LogP contribution in [0.15, 0.2) is 83.8 Å². The highest BCUT2D eigenvalue weighted by atomic mass is 16.3. The molecule has 0 aliphatic rings. The van der Waals surface area contributed by atoms with E-state index in [-0.39, 0.29) is 5.91 Å². The van der Waals surface area contributed by atoms with Crippen molar-refractivity contribution in [1.82, 2.24) is 24.3 Å². The van der Waals surface area contributed by atoms with Crippen LogP contribution >= 0.6 is 0 Å². The molecule has 0 radical (unpaired) electrons. The van der Waals surface area contributed by atoms with E-state index >= 15 is 0 Å². The van der Waals surface area contributed by atoms with E-state index in [0.717, 1.165) is 11.3 Å². The summed E-state index contributed by atoms with van der Waals surface area (Å²) >= 11 is 0. The van der Waals surface area contributed by atoms with Crippen molar-refractivity contribution < 1.29 is 9.21 Å². The highest BCUT2D eigenvalue weighted by molar-refractivity contribution is 5.99. The molecule has 0 saturated carbocycles. The van der Waals surface area contributed by atoms with Crippen LogP contribution in [0.1, 0.15) is 27.6 Å². The zero-order valence-electron chi connectivity index (χ0n) is 17.0. The summed E-state index contributed by atoms with van der Waals surface area (Å²) in [6.45, 7) is 2.89. The summed E-state index contributed by atoms with van der Waals surface area (Å²) in [6, 6.07) is 19.6. The molecule has 5 rings (SSSR count). The molecular formula is C24H21N5O2. The minimum atomic E-state index is -0.257. The summed E-state index contributed by atoms with van der Waals surface area (Å²) in [4.78, 5) is 22.1. The number of aryl methyl sites for hydroxylation is 1. The first-order valence-electron chi connectivity index (χ1n) is 10.0. The average Bonchev–Trinajstić information content (AvgIpc) is 3.51. The maximum atomic E-state index is 12.9. The first-order valence-corrected chi connectivity index (χ1v) is 10.0. The van der Waals surface area contributed by atoms with Crippen molar-refractivity contribution in [3.05, 3.63) is 102 Å². The van der Waals surface area contributed by atoms with Crippen molar-refractivity contribution in [1.29, 1.82) is 0 Å². The van der Waals surface area contributed by atoms with Gasteiger partial charge < -0.3 is 14.3 Å². The lowest BCUT2D eigenvalue weighted by Crippen LogP contribution is -2.23. The molecule has 0 bridgehead atoms. The molecule has 0 fully saturated rings. The Kier molecular flexibility index (Phi) is 4.84. The van der Waals surface area contributed by atoms with Gasteiger partial charge in [-0.25, -0.2) is 9.97 Å². The van der Waals surface area contributed by atoms with E-state index in [1.807, 2.05) is 76.8 Å². The fourth-order valence-electron chi connectivity index (χ4n) is 3.57. The SMILES string of the molecule is Cc1ccc(CNC(=O)c2nc(-c3cn(Cc4ccccc4)cn3)n3ccccc23)o1. The number of fused-ring (bicyclic) bond motifs is 1. The van der Waals surface area contributed by atoms with Crippen LogP contribution < -0.4 is 5.32 Å². The number of benzene rings is 1. The van der Waals surface area contributed by atoms with Gasteiger partial charge in [0, 0.05) is 18.9 Å². The quantitative estimate of drug-likeness (QED) is 0.457. The maximum absolute atomic E-state index is 12.9. The molecule has 1 amide bonds. The summed E-state index contributed by atoms with van der Waals surface area (Å²) in [7, 11) is 0. The fourth-order valence-corrected chi connectivity index (χ4v) is 3.57. The number of aromatic nitrogens is 4. The molecule has 154 valence electrons. The number of hydrogen-bond acceptors (Lipinski definition) is 4. The fraction of sp³-hybridized carbons (Fsp3) is 0.125. The third kappa shape index (κ3) is 3.85. The average molecular weight is 411 g/mol. The Hall–Kier alpha value is -4.13. The van der Waals surface area contributed by atoms with Gasteiger partial charge in [-0.05, 0) is 36.8 Å². The van der Waals surface area contributed by atoms with Gasteiger partial charge in [-0.1, -0.05) is 36.4 Å². The molecule has 0 aliphatic carbocycles. The minimum absolute atomic E-state index is 0.257. The molecule has 0 atom stereocenters. The topological polar surface area (TPSA) is 77.4 Å². The van der Waals surface area contributed by atoms with E-state index in [9.17, 15) is 4.79 Å². The number of carbonyl (C=O) groups excluding carboxylic acids is 1. The third-order valence-corrected chi connectivity index (χ3v) is 5.05. The minimum Gasteiger partial charge on any atom is -0.465 e. The first-order chi connectivity index (χ1) is 15.2. The number of imidazole rings is 2. The standard InChI is InChI=1S/C24H21N5O2/c1-17-10-11-19(31-17)13-25-24(30)22-21-9-5-6-12-29(21)23(27-22)20-15-28(16-26-20)14-18-7-3-2-4-8-18/h2-12,15-16H,13-14H2,1H3,(H,25,30). The molecule has 0 aliphatic heterocycles. The largest absolute Gasteiger partial charge is 0.465 e. The smallest absolute Gasteiger partial charge is 0.272 e. The zero-order valence-corrected chi connectivity index (χ0v) is 17.0. The number of nitrogens with one attached hydrogen (secondary N) is 1. The second kappa shape index (κ2) is 7.95. The van der Waals surface area contributed by atoms with Gasteiger partial charge in [0.05, 0.1) is 18.4 Å². The lowest BCUT2D eigenvalue weighted by atomic mass is 10.2. The lowest BCUT2D eigenvalue weighted by Gasteiger charge is -2.01. The van der Waals surface area contributed by atoms with Crippen molar-refractivity contribution in [2.24, 2.45) is 0 Å². The molecule has 1 aromatic carbocycles. The van der Waals surface area contributed by atoms with Crippen molar-refractivity contribution in [2.75, 3.05) is 0 Å². The van der Waals surface area contributed by atoms with E-state index < -0.39 is 0 Å². The Morgan fingerprint density at radius 2 is 1.90 bits per heavy atom. The monoisotopic (exact) mass is 411 g/mol. The number of carbonyl (C=O) groups is 1. The van der Waals surface area contributed by atoms with Crippen molar-refractivity contribution in [2.45, 2.75) is 20.0 Å². The molecule has 4 aromatic heterocycles. The Labute approximate surface area is 179 Å². The zero-order chi connectivity index (χ0) is 21.2. The van der Waals surface area contributed by atoms with Crippen LogP contribution in [0.5, 0.6) is 0 Å². The van der Waals surface area contributed by atoms with Gasteiger partial charge in [0.15, 0.2) is 11.5 Å². The van der Waals surface area contributed by atoms with E-state index in [1.165, 1.54) is 5.56 Å². The summed E-state index contributed by atoms with van der Waals surface area (Å²) in [5, 5.41) is 2.89. The molecular weight excluding hydrogens is 390 g/mol. The molecule has 5 aromatic rings. The number of pyridine rings is 1. The van der Waals surface area contributed by atoms with Gasteiger partial charge in [-0.2, -0.15) is 0 Å². The van der Waals surface area contributed by atoms with E-state index in [4.69, 9.17) is 4.42 Å². The van der Waals surface area contributed by atoms with Gasteiger partial charge in [-0.15, -0.1) is 0 Å². The normalized spacial score (nSPS) is 11.1. The highest BCUT2D eigenvalue weighted by Gasteiger charge is 2.19. The summed E-state index contributed by atoms with van der Waals surface area (Å²) in [5.41, 5.74) is 2.98. The van der Waals surface area contributed by atoms with Crippen molar-refractivity contribution in [3.63, 3.8) is 0 Å². The Bertz CT molecular complexity index is 1350. The van der Waals surface area contributed by atoms with Crippen LogP contribution in [-0.2, 0) is 13.1 Å². The number of hydrogen-bond donors (Lipinski definition) is 1. The molecule has 4 heterocycles. The van der Waals surface area contributed by atoms with Gasteiger partial charge >= 0.3 is 0 Å². The van der Waals surface area contributed by atoms with E-state index in [0.29, 0.717) is 36.1 Å². The van der Waals surface area contributed by atoms with Crippen molar-refractivity contribution >= 4 is 11.4 Å². The van der Waals surface area contributed by atoms with Crippen LogP contribution in [0.3, 0.4) is 0 Å². The van der Waals surface area contributed by atoms with E-state index in [2.05, 4.69) is 27.4 Å². The Balaban J connectivity index is 1.43. The number of rotatable bonds is 6. The molecule has 7 nitrogen and oxygen atoms in total. The molecule has 0 spiro atoms. The predicted octanol–water partition coefficient (Wildman–Crippen LogP) is 4.08. The summed E-state index contributed by atoms with van der Waals surface area (Å²) < 4.78 is 9.43. The second-order valence-corrected chi connectivity index (χ2v) is 7.35. The number of nitrogens with zero attached hydrogens (tertiary/aromatic N) is 4. The van der Waals surface area contributed by atoms with Crippen LogP contribution in [0, 0.1) is 6.92 Å². The third-order valence-electron chi connectivity index (χ3n) is 5.05. The molecule has 0 unspecified atom stereocenters. The van der Waals surface area contributed by atoms with Gasteiger partial charge in [0.25, 0.3) is 5.91 Å². The first kappa shape index (κ1) is 18.9. The number of amides is 1. The van der Waals surface area contributed by atoms with Crippen LogP contribution in [0.25, 0.3) is 17.0 Å². The lowest BCUT2D eigenvalue weighted by molar-refractivity contribution is 0.0945. The number of furan rings is 1.